The Morgan fingerprint density at radius 1 is 1.13 bits per heavy atom. The molecular weight excluding hydrogens is 290 g/mol. The highest BCUT2D eigenvalue weighted by Crippen LogP contribution is 2.30. The second-order valence-electron chi connectivity index (χ2n) is 6.29. The highest BCUT2D eigenvalue weighted by Gasteiger charge is 2.24. The van der Waals surface area contributed by atoms with Gasteiger partial charge in [0.25, 0.3) is 0 Å². The van der Waals surface area contributed by atoms with Crippen molar-refractivity contribution in [1.82, 2.24) is 5.32 Å². The lowest BCUT2D eigenvalue weighted by Gasteiger charge is -2.26. The van der Waals surface area contributed by atoms with Crippen molar-refractivity contribution in [2.45, 2.75) is 38.1 Å². The van der Waals surface area contributed by atoms with Gasteiger partial charge < -0.3 is 10.4 Å². The first kappa shape index (κ1) is 15.5. The summed E-state index contributed by atoms with van der Waals surface area (Å²) in [6.45, 7) is 0. The van der Waals surface area contributed by atoms with Crippen molar-refractivity contribution >= 4 is 22.6 Å². The Bertz CT molecular complexity index is 716. The Labute approximate surface area is 135 Å². The second-order valence-corrected chi connectivity index (χ2v) is 6.29. The van der Waals surface area contributed by atoms with Gasteiger partial charge in [0, 0.05) is 6.42 Å². The fourth-order valence-corrected chi connectivity index (χ4v) is 3.18. The van der Waals surface area contributed by atoms with Crippen LogP contribution in [0.3, 0.4) is 0 Å². The van der Waals surface area contributed by atoms with Gasteiger partial charge in [-0.3, -0.25) is 9.59 Å². The first-order valence-electron chi connectivity index (χ1n) is 8.12. The number of amides is 1. The smallest absolute Gasteiger partial charge is 0.305 e. The standard InChI is InChI=1S/C19H21NO3/c21-18(11-13-5-3-6-13)20-17(12-19(22)23)16-10-4-8-14-7-1-2-9-15(14)16/h1-2,4,7-10,13,17H,3,5-6,11-12H2,(H,20,21)(H,22,23)/t17-/m1/s1. The van der Waals surface area contributed by atoms with Crippen molar-refractivity contribution < 1.29 is 14.7 Å². The summed E-state index contributed by atoms with van der Waals surface area (Å²) in [5.74, 6) is -0.492. The summed E-state index contributed by atoms with van der Waals surface area (Å²) in [6, 6.07) is 13.2. The number of carboxylic acid groups (broad SMARTS) is 1. The molecule has 1 fully saturated rings. The molecule has 2 aromatic rings. The maximum Gasteiger partial charge on any atom is 0.305 e. The van der Waals surface area contributed by atoms with E-state index < -0.39 is 12.0 Å². The van der Waals surface area contributed by atoms with E-state index in [0.29, 0.717) is 12.3 Å². The molecule has 1 amide bonds. The lowest BCUT2D eigenvalue weighted by atomic mass is 9.82. The van der Waals surface area contributed by atoms with E-state index in [1.165, 1.54) is 6.42 Å². The molecule has 0 heterocycles. The van der Waals surface area contributed by atoms with Crippen LogP contribution in [0.4, 0.5) is 0 Å². The van der Waals surface area contributed by atoms with Crippen molar-refractivity contribution in [3.05, 3.63) is 48.0 Å². The van der Waals surface area contributed by atoms with Crippen LogP contribution < -0.4 is 5.32 Å². The summed E-state index contributed by atoms with van der Waals surface area (Å²) < 4.78 is 0. The van der Waals surface area contributed by atoms with E-state index in [1.54, 1.807) is 0 Å². The molecule has 1 atom stereocenters. The maximum atomic E-state index is 12.2. The van der Waals surface area contributed by atoms with E-state index in [1.807, 2.05) is 42.5 Å². The zero-order valence-electron chi connectivity index (χ0n) is 13.0. The van der Waals surface area contributed by atoms with Crippen molar-refractivity contribution in [2.24, 2.45) is 5.92 Å². The van der Waals surface area contributed by atoms with E-state index in [2.05, 4.69) is 5.32 Å². The topological polar surface area (TPSA) is 66.4 Å². The number of carbonyl (C=O) groups is 2. The molecule has 1 aliphatic carbocycles. The van der Waals surface area contributed by atoms with E-state index in [9.17, 15) is 14.7 Å². The number of benzene rings is 2. The number of carboxylic acids is 1. The third kappa shape index (κ3) is 3.70. The number of hydrogen-bond acceptors (Lipinski definition) is 2. The molecule has 1 aliphatic rings. The summed E-state index contributed by atoms with van der Waals surface area (Å²) in [6.07, 6.45) is 3.79. The van der Waals surface area contributed by atoms with Crippen molar-refractivity contribution in [2.75, 3.05) is 0 Å². The summed E-state index contributed by atoms with van der Waals surface area (Å²) in [5.41, 5.74) is 0.868. The summed E-state index contributed by atoms with van der Waals surface area (Å²) in [5, 5.41) is 14.2. The van der Waals surface area contributed by atoms with Crippen molar-refractivity contribution in [3.8, 4) is 0 Å². The normalized spacial score (nSPS) is 15.8. The SMILES string of the molecule is O=C(O)C[C@@H](NC(=O)CC1CCC1)c1cccc2ccccc12. The maximum absolute atomic E-state index is 12.2. The molecule has 120 valence electrons. The second kappa shape index (κ2) is 6.82. The molecule has 0 unspecified atom stereocenters. The Balaban J connectivity index is 1.84. The molecule has 0 aromatic heterocycles. The minimum Gasteiger partial charge on any atom is -0.481 e. The lowest BCUT2D eigenvalue weighted by Crippen LogP contribution is -2.32. The zero-order valence-corrected chi connectivity index (χ0v) is 13.0. The largest absolute Gasteiger partial charge is 0.481 e. The highest BCUT2D eigenvalue weighted by molar-refractivity contribution is 5.87. The van der Waals surface area contributed by atoms with Crippen LogP contribution >= 0.6 is 0 Å². The molecule has 0 saturated heterocycles. The third-order valence-electron chi connectivity index (χ3n) is 4.61. The first-order chi connectivity index (χ1) is 11.1. The third-order valence-corrected chi connectivity index (χ3v) is 4.61. The predicted molar refractivity (Wildman–Crippen MR) is 89.0 cm³/mol. The Kier molecular flexibility index (Phi) is 4.60. The molecule has 3 rings (SSSR count). The minimum atomic E-state index is -0.910. The van der Waals surface area contributed by atoms with E-state index >= 15 is 0 Å². The average Bonchev–Trinajstić information content (AvgIpc) is 2.49. The Morgan fingerprint density at radius 3 is 2.57 bits per heavy atom. The average molecular weight is 311 g/mol. The van der Waals surface area contributed by atoms with Crippen molar-refractivity contribution in [3.63, 3.8) is 0 Å². The minimum absolute atomic E-state index is 0.0473. The fourth-order valence-electron chi connectivity index (χ4n) is 3.18. The van der Waals surface area contributed by atoms with Gasteiger partial charge in [-0.25, -0.2) is 0 Å². The Hall–Kier alpha value is -2.36. The van der Waals surface area contributed by atoms with Crippen LogP contribution in [0.5, 0.6) is 0 Å². The molecule has 0 aliphatic heterocycles. The van der Waals surface area contributed by atoms with Gasteiger partial charge in [0.15, 0.2) is 0 Å². The van der Waals surface area contributed by atoms with Gasteiger partial charge >= 0.3 is 5.97 Å². The van der Waals surface area contributed by atoms with Crippen LogP contribution in [0.2, 0.25) is 0 Å². The van der Waals surface area contributed by atoms with Crippen LogP contribution in [-0.4, -0.2) is 17.0 Å². The molecule has 23 heavy (non-hydrogen) atoms. The quantitative estimate of drug-likeness (QED) is 0.855. The van der Waals surface area contributed by atoms with Gasteiger partial charge in [-0.2, -0.15) is 0 Å². The monoisotopic (exact) mass is 311 g/mol. The van der Waals surface area contributed by atoms with Crippen LogP contribution in [0.25, 0.3) is 10.8 Å². The van der Waals surface area contributed by atoms with Gasteiger partial charge in [0.05, 0.1) is 12.5 Å². The number of carbonyl (C=O) groups excluding carboxylic acids is 1. The van der Waals surface area contributed by atoms with E-state index in [-0.39, 0.29) is 12.3 Å². The van der Waals surface area contributed by atoms with E-state index in [4.69, 9.17) is 0 Å². The molecular formula is C19H21NO3. The lowest BCUT2D eigenvalue weighted by molar-refractivity contribution is -0.137. The molecule has 1 saturated carbocycles. The Morgan fingerprint density at radius 2 is 1.87 bits per heavy atom. The van der Waals surface area contributed by atoms with Crippen LogP contribution in [0.1, 0.15) is 43.7 Å². The van der Waals surface area contributed by atoms with Gasteiger partial charge in [0.2, 0.25) is 5.91 Å². The first-order valence-corrected chi connectivity index (χ1v) is 8.12. The number of nitrogens with one attached hydrogen (secondary N) is 1. The van der Waals surface area contributed by atoms with Gasteiger partial charge in [-0.15, -0.1) is 0 Å². The molecule has 0 spiro atoms. The van der Waals surface area contributed by atoms with Crippen LogP contribution in [0, 0.1) is 5.92 Å². The summed E-state index contributed by atoms with van der Waals surface area (Å²) >= 11 is 0. The zero-order chi connectivity index (χ0) is 16.2. The predicted octanol–water partition coefficient (Wildman–Crippen LogP) is 3.66. The summed E-state index contributed by atoms with van der Waals surface area (Å²) in [4.78, 5) is 23.5. The molecule has 0 bridgehead atoms. The number of aliphatic carboxylic acids is 1. The van der Waals surface area contributed by atoms with Crippen LogP contribution in [-0.2, 0) is 9.59 Å². The van der Waals surface area contributed by atoms with E-state index in [0.717, 1.165) is 29.2 Å². The fraction of sp³-hybridized carbons (Fsp3) is 0.368. The summed E-state index contributed by atoms with van der Waals surface area (Å²) in [7, 11) is 0. The number of rotatable bonds is 6. The highest BCUT2D eigenvalue weighted by atomic mass is 16.4. The molecule has 2 N–H and O–H groups in total. The van der Waals surface area contributed by atoms with Gasteiger partial charge in [0.1, 0.15) is 0 Å². The molecule has 4 heteroatoms. The number of fused-ring (bicyclic) bond motifs is 1. The molecule has 4 nitrogen and oxygen atoms in total. The van der Waals surface area contributed by atoms with Crippen LogP contribution in [0.15, 0.2) is 42.5 Å². The van der Waals surface area contributed by atoms with Gasteiger partial charge in [-0.1, -0.05) is 48.9 Å². The molecule has 2 aromatic carbocycles. The van der Waals surface area contributed by atoms with Crippen molar-refractivity contribution in [1.29, 1.82) is 0 Å². The van der Waals surface area contributed by atoms with Gasteiger partial charge in [-0.05, 0) is 35.1 Å². The molecule has 0 radical (unpaired) electrons. The number of hydrogen-bond donors (Lipinski definition) is 2.